The zero-order chi connectivity index (χ0) is 27.6. The van der Waals surface area contributed by atoms with E-state index in [1.807, 2.05) is 18.5 Å². The molecule has 2 atom stereocenters. The molecule has 1 unspecified atom stereocenters. The van der Waals surface area contributed by atoms with Crippen molar-refractivity contribution in [1.82, 2.24) is 9.55 Å². The standard InChI is InChI=1S/C29H42N2O7/c1-4-6-7-8-9-10-14-17-27(32)35-20-23(18-24-19-30-21-31(24)3)26(5-2)28(33)36-22-37-29(34)38-25-15-12-11-13-16-25/h11-13,15-16,19,21,23,26H,4-10,14,17-18,20,22H2,1-3H3/t23?,26-/m0/s1. The van der Waals surface area contributed by atoms with Crippen molar-refractivity contribution in [1.29, 1.82) is 0 Å². The Balaban J connectivity index is 1.85. The van der Waals surface area contributed by atoms with Gasteiger partial charge in [0.05, 0.1) is 18.9 Å². The summed E-state index contributed by atoms with van der Waals surface area (Å²) in [5, 5.41) is 0. The molecule has 1 aromatic carbocycles. The number of imidazole rings is 1. The van der Waals surface area contributed by atoms with Gasteiger partial charge in [0.25, 0.3) is 0 Å². The highest BCUT2D eigenvalue weighted by Crippen LogP contribution is 2.23. The van der Waals surface area contributed by atoms with Crippen LogP contribution in [-0.4, -0.2) is 41.0 Å². The SMILES string of the molecule is CCCCCCCCCC(=O)OCC(Cc1cncn1C)[C@H](CC)C(=O)OCOC(=O)Oc1ccccc1. The predicted octanol–water partition coefficient (Wildman–Crippen LogP) is 6.01. The Labute approximate surface area is 225 Å². The van der Waals surface area contributed by atoms with Gasteiger partial charge in [0.1, 0.15) is 5.75 Å². The lowest BCUT2D eigenvalue weighted by molar-refractivity contribution is -0.162. The van der Waals surface area contributed by atoms with Gasteiger partial charge in [-0.2, -0.15) is 0 Å². The van der Waals surface area contributed by atoms with Gasteiger partial charge in [-0.25, -0.2) is 9.78 Å². The zero-order valence-electron chi connectivity index (χ0n) is 22.9. The number of nitrogens with zero attached hydrogens (tertiary/aromatic N) is 2. The van der Waals surface area contributed by atoms with Crippen LogP contribution in [0, 0.1) is 11.8 Å². The number of ether oxygens (including phenoxy) is 4. The van der Waals surface area contributed by atoms with Gasteiger partial charge in [0.2, 0.25) is 6.79 Å². The first-order valence-corrected chi connectivity index (χ1v) is 13.6. The zero-order valence-corrected chi connectivity index (χ0v) is 22.9. The Kier molecular flexibility index (Phi) is 14.6. The van der Waals surface area contributed by atoms with Crippen molar-refractivity contribution in [2.45, 2.75) is 78.1 Å². The summed E-state index contributed by atoms with van der Waals surface area (Å²) >= 11 is 0. The number of benzene rings is 1. The van der Waals surface area contributed by atoms with E-state index in [1.165, 1.54) is 25.7 Å². The molecular formula is C29H42N2O7. The first-order chi connectivity index (χ1) is 18.4. The predicted molar refractivity (Wildman–Crippen MR) is 142 cm³/mol. The quantitative estimate of drug-likeness (QED) is 0.0999. The molecule has 2 rings (SSSR count). The van der Waals surface area contributed by atoms with E-state index in [9.17, 15) is 14.4 Å². The van der Waals surface area contributed by atoms with E-state index >= 15 is 0 Å². The molecule has 38 heavy (non-hydrogen) atoms. The molecule has 1 heterocycles. The molecular weight excluding hydrogens is 488 g/mol. The third kappa shape index (κ3) is 11.8. The van der Waals surface area contributed by atoms with Crippen LogP contribution in [0.25, 0.3) is 0 Å². The maximum Gasteiger partial charge on any atom is 0.516 e. The lowest BCUT2D eigenvalue weighted by atomic mass is 9.87. The number of esters is 2. The summed E-state index contributed by atoms with van der Waals surface area (Å²) in [6, 6.07) is 8.45. The topological polar surface area (TPSA) is 106 Å². The van der Waals surface area contributed by atoms with Gasteiger partial charge in [0.15, 0.2) is 0 Å². The molecule has 0 fully saturated rings. The number of rotatable bonds is 18. The molecule has 9 nitrogen and oxygen atoms in total. The third-order valence-electron chi connectivity index (χ3n) is 6.46. The highest BCUT2D eigenvalue weighted by atomic mass is 16.8. The minimum atomic E-state index is -0.970. The van der Waals surface area contributed by atoms with Crippen molar-refractivity contribution in [2.75, 3.05) is 13.4 Å². The number of carbonyl (C=O) groups excluding carboxylic acids is 3. The molecule has 0 aliphatic rings. The number of aromatic nitrogens is 2. The van der Waals surface area contributed by atoms with Gasteiger partial charge in [0, 0.05) is 31.3 Å². The number of hydrogen-bond acceptors (Lipinski definition) is 8. The van der Waals surface area contributed by atoms with Gasteiger partial charge in [-0.05, 0) is 31.4 Å². The van der Waals surface area contributed by atoms with Crippen LogP contribution in [0.1, 0.15) is 77.3 Å². The first kappa shape index (κ1) is 30.9. The van der Waals surface area contributed by atoms with E-state index in [-0.39, 0.29) is 18.5 Å². The summed E-state index contributed by atoms with van der Waals surface area (Å²) in [5.41, 5.74) is 0.909. The Bertz CT molecular complexity index is 961. The van der Waals surface area contributed by atoms with Crippen molar-refractivity contribution in [3.8, 4) is 5.75 Å². The molecule has 0 aliphatic heterocycles. The van der Waals surface area contributed by atoms with Crippen LogP contribution in [0.3, 0.4) is 0 Å². The molecule has 0 aliphatic carbocycles. The van der Waals surface area contributed by atoms with E-state index in [0.29, 0.717) is 25.0 Å². The Morgan fingerprint density at radius 3 is 2.29 bits per heavy atom. The van der Waals surface area contributed by atoms with Crippen LogP contribution in [0.2, 0.25) is 0 Å². The molecule has 0 spiro atoms. The van der Waals surface area contributed by atoms with Crippen molar-refractivity contribution in [3.63, 3.8) is 0 Å². The molecule has 2 aromatic rings. The third-order valence-corrected chi connectivity index (χ3v) is 6.46. The Hall–Kier alpha value is -3.36. The molecule has 210 valence electrons. The first-order valence-electron chi connectivity index (χ1n) is 13.6. The lowest BCUT2D eigenvalue weighted by Gasteiger charge is -2.24. The van der Waals surface area contributed by atoms with Crippen LogP contribution in [-0.2, 0) is 37.3 Å². The van der Waals surface area contributed by atoms with Crippen molar-refractivity contribution in [3.05, 3.63) is 48.5 Å². The summed E-state index contributed by atoms with van der Waals surface area (Å²) in [4.78, 5) is 41.3. The van der Waals surface area contributed by atoms with Crippen LogP contribution < -0.4 is 4.74 Å². The largest absolute Gasteiger partial charge is 0.516 e. The lowest BCUT2D eigenvalue weighted by Crippen LogP contribution is -2.32. The van der Waals surface area contributed by atoms with E-state index in [4.69, 9.17) is 18.9 Å². The summed E-state index contributed by atoms with van der Waals surface area (Å²) in [6.45, 7) is 3.58. The van der Waals surface area contributed by atoms with Gasteiger partial charge in [-0.3, -0.25) is 9.59 Å². The van der Waals surface area contributed by atoms with Crippen LogP contribution >= 0.6 is 0 Å². The van der Waals surface area contributed by atoms with Crippen molar-refractivity contribution in [2.24, 2.45) is 18.9 Å². The van der Waals surface area contributed by atoms with E-state index in [0.717, 1.165) is 25.0 Å². The molecule has 0 N–H and O–H groups in total. The summed E-state index contributed by atoms with van der Waals surface area (Å²) in [5.74, 6) is -1.36. The normalized spacial score (nSPS) is 12.4. The van der Waals surface area contributed by atoms with Gasteiger partial charge in [-0.1, -0.05) is 70.6 Å². The van der Waals surface area contributed by atoms with Crippen molar-refractivity contribution < 1.29 is 33.3 Å². The summed E-state index contributed by atoms with van der Waals surface area (Å²) < 4.78 is 22.6. The Morgan fingerprint density at radius 2 is 1.63 bits per heavy atom. The Morgan fingerprint density at radius 1 is 0.921 bits per heavy atom. The van der Waals surface area contributed by atoms with Gasteiger partial charge in [-0.15, -0.1) is 0 Å². The molecule has 0 radical (unpaired) electrons. The second-order valence-corrected chi connectivity index (χ2v) is 9.42. The minimum absolute atomic E-state index is 0.0883. The minimum Gasteiger partial charge on any atom is -0.465 e. The average molecular weight is 531 g/mol. The smallest absolute Gasteiger partial charge is 0.465 e. The van der Waals surface area contributed by atoms with E-state index < -0.39 is 24.8 Å². The molecule has 9 heteroatoms. The summed E-state index contributed by atoms with van der Waals surface area (Å²) in [6.07, 6.45) is 11.6. The second-order valence-electron chi connectivity index (χ2n) is 9.42. The second kappa shape index (κ2) is 18.0. The van der Waals surface area contributed by atoms with Gasteiger partial charge < -0.3 is 23.5 Å². The molecule has 1 aromatic heterocycles. The fraction of sp³-hybridized carbons (Fsp3) is 0.586. The number of aryl methyl sites for hydroxylation is 1. The highest BCUT2D eigenvalue weighted by molar-refractivity contribution is 5.73. The molecule has 0 saturated carbocycles. The van der Waals surface area contributed by atoms with Gasteiger partial charge >= 0.3 is 18.1 Å². The van der Waals surface area contributed by atoms with E-state index in [1.54, 1.807) is 42.9 Å². The van der Waals surface area contributed by atoms with Crippen LogP contribution in [0.15, 0.2) is 42.9 Å². The number of carbonyl (C=O) groups is 3. The average Bonchev–Trinajstić information content (AvgIpc) is 3.31. The highest BCUT2D eigenvalue weighted by Gasteiger charge is 2.30. The molecule has 0 saturated heterocycles. The maximum atomic E-state index is 12.9. The molecule has 0 bridgehead atoms. The monoisotopic (exact) mass is 530 g/mol. The van der Waals surface area contributed by atoms with E-state index in [2.05, 4.69) is 11.9 Å². The fourth-order valence-electron chi connectivity index (χ4n) is 4.22. The van der Waals surface area contributed by atoms with Crippen LogP contribution in [0.4, 0.5) is 4.79 Å². The summed E-state index contributed by atoms with van der Waals surface area (Å²) in [7, 11) is 1.87. The fourth-order valence-corrected chi connectivity index (χ4v) is 4.22. The number of hydrogen-bond donors (Lipinski definition) is 0. The van der Waals surface area contributed by atoms with Crippen LogP contribution in [0.5, 0.6) is 5.75 Å². The number of unbranched alkanes of at least 4 members (excludes halogenated alkanes) is 6. The number of para-hydroxylation sites is 1. The van der Waals surface area contributed by atoms with Crippen molar-refractivity contribution >= 4 is 18.1 Å². The molecule has 0 amide bonds. The maximum absolute atomic E-state index is 12.9.